The van der Waals surface area contributed by atoms with Crippen LogP contribution in [0.4, 0.5) is 5.82 Å². The van der Waals surface area contributed by atoms with Gasteiger partial charge in [-0.15, -0.1) is 0 Å². The normalized spacial score (nSPS) is 14.6. The van der Waals surface area contributed by atoms with E-state index in [9.17, 15) is 4.79 Å². The highest BCUT2D eigenvalue weighted by Gasteiger charge is 2.17. The Bertz CT molecular complexity index is 931. The highest BCUT2D eigenvalue weighted by atomic mass is 16.5. The number of ether oxygens (including phenoxy) is 1. The molecule has 134 valence electrons. The lowest BCUT2D eigenvalue weighted by atomic mass is 10.1. The van der Waals surface area contributed by atoms with Crippen molar-refractivity contribution in [3.05, 3.63) is 42.4 Å². The molecular weight excluding hydrogens is 332 g/mol. The van der Waals surface area contributed by atoms with Crippen LogP contribution in [0.5, 0.6) is 0 Å². The predicted octanol–water partition coefficient (Wildman–Crippen LogP) is 2.48. The van der Waals surface area contributed by atoms with Crippen LogP contribution in [0.15, 0.2) is 41.1 Å². The molecule has 3 heterocycles. The second kappa shape index (κ2) is 7.13. The van der Waals surface area contributed by atoms with Crippen molar-refractivity contribution in [3.8, 4) is 11.3 Å². The second-order valence-corrected chi connectivity index (χ2v) is 6.05. The van der Waals surface area contributed by atoms with Crippen molar-refractivity contribution in [2.24, 2.45) is 0 Å². The SMILES string of the molecule is CCNC(=O)c1ccc(-c2ccc3ncnc(N4CCOCC4)c3c2)o1. The van der Waals surface area contributed by atoms with Crippen LogP contribution in [0, 0.1) is 0 Å². The summed E-state index contributed by atoms with van der Waals surface area (Å²) < 4.78 is 11.2. The standard InChI is InChI=1S/C19H20N4O3/c1-2-20-19(24)17-6-5-16(26-17)13-3-4-15-14(11-13)18(22-12-21-15)23-7-9-25-10-8-23/h3-6,11-12H,2,7-10H2,1H3,(H,20,24). The van der Waals surface area contributed by atoms with Crippen molar-refractivity contribution < 1.29 is 13.9 Å². The van der Waals surface area contributed by atoms with Gasteiger partial charge in [0.1, 0.15) is 17.9 Å². The third-order valence-corrected chi connectivity index (χ3v) is 4.38. The van der Waals surface area contributed by atoms with E-state index in [1.807, 2.05) is 31.2 Å². The van der Waals surface area contributed by atoms with Crippen molar-refractivity contribution >= 4 is 22.6 Å². The molecule has 0 bridgehead atoms. The molecule has 0 radical (unpaired) electrons. The number of carbonyl (C=O) groups is 1. The molecule has 1 aliphatic rings. The fraction of sp³-hybridized carbons (Fsp3) is 0.316. The van der Waals surface area contributed by atoms with Gasteiger partial charge < -0.3 is 19.4 Å². The van der Waals surface area contributed by atoms with Crippen LogP contribution in [0.3, 0.4) is 0 Å². The number of aromatic nitrogens is 2. The van der Waals surface area contributed by atoms with Gasteiger partial charge in [0.25, 0.3) is 5.91 Å². The molecule has 1 saturated heterocycles. The van der Waals surface area contributed by atoms with Gasteiger partial charge in [0.05, 0.1) is 18.7 Å². The van der Waals surface area contributed by atoms with Gasteiger partial charge in [-0.25, -0.2) is 9.97 Å². The summed E-state index contributed by atoms with van der Waals surface area (Å²) in [4.78, 5) is 23.0. The maximum absolute atomic E-state index is 11.9. The number of furan rings is 1. The number of rotatable bonds is 4. The van der Waals surface area contributed by atoms with Gasteiger partial charge in [-0.3, -0.25) is 4.79 Å². The Morgan fingerprint density at radius 3 is 2.85 bits per heavy atom. The van der Waals surface area contributed by atoms with E-state index in [0.717, 1.165) is 35.4 Å². The van der Waals surface area contributed by atoms with Gasteiger partial charge >= 0.3 is 0 Å². The summed E-state index contributed by atoms with van der Waals surface area (Å²) in [6, 6.07) is 9.41. The number of hydrogen-bond donors (Lipinski definition) is 1. The maximum Gasteiger partial charge on any atom is 0.287 e. The van der Waals surface area contributed by atoms with Crippen LogP contribution in [0.25, 0.3) is 22.2 Å². The average molecular weight is 352 g/mol. The molecule has 1 amide bonds. The molecule has 2 aromatic heterocycles. The van der Waals surface area contributed by atoms with Crippen molar-refractivity contribution in [1.29, 1.82) is 0 Å². The highest BCUT2D eigenvalue weighted by Crippen LogP contribution is 2.30. The molecule has 0 spiro atoms. The van der Waals surface area contributed by atoms with Crippen LogP contribution in [0.2, 0.25) is 0 Å². The van der Waals surface area contributed by atoms with Gasteiger partial charge in [-0.05, 0) is 37.3 Å². The number of nitrogens with zero attached hydrogens (tertiary/aromatic N) is 3. The molecule has 7 heteroatoms. The molecule has 1 aromatic carbocycles. The molecule has 26 heavy (non-hydrogen) atoms. The fourth-order valence-electron chi connectivity index (χ4n) is 3.09. The monoisotopic (exact) mass is 352 g/mol. The Kier molecular flexibility index (Phi) is 4.53. The molecule has 1 aliphatic heterocycles. The number of morpholine rings is 1. The molecule has 0 aliphatic carbocycles. The minimum absolute atomic E-state index is 0.211. The van der Waals surface area contributed by atoms with Crippen molar-refractivity contribution in [1.82, 2.24) is 15.3 Å². The fourth-order valence-corrected chi connectivity index (χ4v) is 3.09. The molecular formula is C19H20N4O3. The summed E-state index contributed by atoms with van der Waals surface area (Å²) in [6.07, 6.45) is 1.59. The smallest absolute Gasteiger partial charge is 0.287 e. The minimum Gasteiger partial charge on any atom is -0.451 e. The highest BCUT2D eigenvalue weighted by molar-refractivity contribution is 5.94. The van der Waals surface area contributed by atoms with Crippen LogP contribution in [0.1, 0.15) is 17.5 Å². The van der Waals surface area contributed by atoms with E-state index in [1.54, 1.807) is 12.4 Å². The predicted molar refractivity (Wildman–Crippen MR) is 98.3 cm³/mol. The van der Waals surface area contributed by atoms with E-state index in [4.69, 9.17) is 9.15 Å². The lowest BCUT2D eigenvalue weighted by molar-refractivity contribution is 0.0929. The quantitative estimate of drug-likeness (QED) is 0.777. The van der Waals surface area contributed by atoms with E-state index in [0.29, 0.717) is 31.3 Å². The number of nitrogens with one attached hydrogen (secondary N) is 1. The zero-order chi connectivity index (χ0) is 17.9. The van der Waals surface area contributed by atoms with E-state index in [2.05, 4.69) is 20.2 Å². The number of hydrogen-bond acceptors (Lipinski definition) is 6. The zero-order valence-electron chi connectivity index (χ0n) is 14.6. The molecule has 0 saturated carbocycles. The van der Waals surface area contributed by atoms with Crippen molar-refractivity contribution in [2.75, 3.05) is 37.7 Å². The molecule has 7 nitrogen and oxygen atoms in total. The zero-order valence-corrected chi connectivity index (χ0v) is 14.6. The first-order valence-electron chi connectivity index (χ1n) is 8.72. The van der Waals surface area contributed by atoms with Gasteiger partial charge in [0.2, 0.25) is 0 Å². The Labute approximate surface area is 151 Å². The molecule has 0 unspecified atom stereocenters. The number of anilines is 1. The van der Waals surface area contributed by atoms with Gasteiger partial charge in [0, 0.05) is 30.6 Å². The average Bonchev–Trinajstić information content (AvgIpc) is 3.18. The third-order valence-electron chi connectivity index (χ3n) is 4.38. The summed E-state index contributed by atoms with van der Waals surface area (Å²) in [5.41, 5.74) is 1.76. The number of fused-ring (bicyclic) bond motifs is 1. The summed E-state index contributed by atoms with van der Waals surface area (Å²) in [7, 11) is 0. The van der Waals surface area contributed by atoms with Gasteiger partial charge in [0.15, 0.2) is 5.76 Å². The van der Waals surface area contributed by atoms with Crippen LogP contribution < -0.4 is 10.2 Å². The summed E-state index contributed by atoms with van der Waals surface area (Å²) in [5, 5.41) is 3.70. The van der Waals surface area contributed by atoms with Crippen LogP contribution >= 0.6 is 0 Å². The molecule has 1 N–H and O–H groups in total. The first-order valence-corrected chi connectivity index (χ1v) is 8.72. The second-order valence-electron chi connectivity index (χ2n) is 6.05. The van der Waals surface area contributed by atoms with Crippen LogP contribution in [-0.2, 0) is 4.74 Å². The maximum atomic E-state index is 11.9. The van der Waals surface area contributed by atoms with E-state index in [1.165, 1.54) is 0 Å². The van der Waals surface area contributed by atoms with E-state index >= 15 is 0 Å². The van der Waals surface area contributed by atoms with E-state index < -0.39 is 0 Å². The van der Waals surface area contributed by atoms with Crippen molar-refractivity contribution in [2.45, 2.75) is 6.92 Å². The summed E-state index contributed by atoms with van der Waals surface area (Å²) >= 11 is 0. The third kappa shape index (κ3) is 3.13. The molecule has 3 aromatic rings. The number of benzene rings is 1. The minimum atomic E-state index is -0.211. The Morgan fingerprint density at radius 2 is 2.04 bits per heavy atom. The van der Waals surface area contributed by atoms with Gasteiger partial charge in [-0.2, -0.15) is 0 Å². The van der Waals surface area contributed by atoms with Crippen LogP contribution in [-0.4, -0.2) is 48.7 Å². The first kappa shape index (κ1) is 16.5. The largest absolute Gasteiger partial charge is 0.451 e. The Hall–Kier alpha value is -2.93. The summed E-state index contributed by atoms with van der Waals surface area (Å²) in [5.74, 6) is 1.64. The topological polar surface area (TPSA) is 80.5 Å². The first-order chi connectivity index (χ1) is 12.8. The van der Waals surface area contributed by atoms with E-state index in [-0.39, 0.29) is 5.91 Å². The molecule has 4 rings (SSSR count). The molecule has 1 fully saturated rings. The summed E-state index contributed by atoms with van der Waals surface area (Å²) in [6.45, 7) is 5.43. The molecule has 0 atom stereocenters. The number of carbonyl (C=O) groups excluding carboxylic acids is 1. The lowest BCUT2D eigenvalue weighted by Crippen LogP contribution is -2.36. The number of amides is 1. The van der Waals surface area contributed by atoms with Gasteiger partial charge in [-0.1, -0.05) is 0 Å². The Balaban J connectivity index is 1.72. The Morgan fingerprint density at radius 1 is 1.19 bits per heavy atom. The lowest BCUT2D eigenvalue weighted by Gasteiger charge is -2.28. The van der Waals surface area contributed by atoms with Crippen molar-refractivity contribution in [3.63, 3.8) is 0 Å².